The summed E-state index contributed by atoms with van der Waals surface area (Å²) < 4.78 is 4.98. The predicted molar refractivity (Wildman–Crippen MR) is 157 cm³/mol. The first-order valence-corrected chi connectivity index (χ1v) is 14.1. The Morgan fingerprint density at radius 1 is 1.08 bits per heavy atom. The van der Waals surface area contributed by atoms with Crippen LogP contribution in [0.1, 0.15) is 33.3 Å². The summed E-state index contributed by atoms with van der Waals surface area (Å²) in [6.07, 6.45) is 0.543. The van der Waals surface area contributed by atoms with Crippen LogP contribution in [0.3, 0.4) is 0 Å². The van der Waals surface area contributed by atoms with Crippen LogP contribution in [-0.4, -0.2) is 47.2 Å². The summed E-state index contributed by atoms with van der Waals surface area (Å²) in [5, 5.41) is 10.1. The maximum atomic E-state index is 12.8. The fourth-order valence-electron chi connectivity index (χ4n) is 3.98. The molecule has 2 amide bonds. The van der Waals surface area contributed by atoms with Gasteiger partial charge in [-0.05, 0) is 61.5 Å². The molecule has 1 aliphatic rings. The quantitative estimate of drug-likeness (QED) is 0.201. The van der Waals surface area contributed by atoms with Crippen LogP contribution >= 0.6 is 35.3 Å². The van der Waals surface area contributed by atoms with Crippen LogP contribution in [0.5, 0.6) is 0 Å². The maximum absolute atomic E-state index is 12.8. The van der Waals surface area contributed by atoms with Crippen molar-refractivity contribution in [1.82, 2.24) is 4.90 Å². The van der Waals surface area contributed by atoms with Crippen molar-refractivity contribution in [2.75, 3.05) is 35.4 Å². The average Bonchev–Trinajstić information content (AvgIpc) is 3.25. The lowest BCUT2D eigenvalue weighted by Crippen LogP contribution is -2.33. The van der Waals surface area contributed by atoms with E-state index in [4.69, 9.17) is 17.0 Å². The molecule has 0 atom stereocenters. The molecule has 2 heterocycles. The Hall–Kier alpha value is -3.41. The molecule has 3 N–H and O–H groups in total. The van der Waals surface area contributed by atoms with Gasteiger partial charge >= 0.3 is 5.97 Å². The van der Waals surface area contributed by atoms with E-state index in [0.29, 0.717) is 35.2 Å². The van der Waals surface area contributed by atoms with Gasteiger partial charge in [0, 0.05) is 34.6 Å². The third kappa shape index (κ3) is 6.91. The zero-order valence-electron chi connectivity index (χ0n) is 21.3. The first-order valence-electron chi connectivity index (χ1n) is 11.9. The number of fused-ring (bicyclic) bond motifs is 1. The van der Waals surface area contributed by atoms with Crippen LogP contribution in [0, 0.1) is 6.92 Å². The molecule has 0 radical (unpaired) electrons. The number of amides is 2. The molecule has 2 aromatic carbocycles. The van der Waals surface area contributed by atoms with Crippen molar-refractivity contribution in [2.45, 2.75) is 31.7 Å². The largest absolute Gasteiger partial charge is 0.465 e. The first kappa shape index (κ1) is 27.6. The Labute approximate surface area is 235 Å². The van der Waals surface area contributed by atoms with E-state index in [1.165, 1.54) is 42.7 Å². The van der Waals surface area contributed by atoms with Crippen molar-refractivity contribution in [2.24, 2.45) is 0 Å². The lowest BCUT2D eigenvalue weighted by atomic mass is 10.0. The number of thiocarbonyl (C=S) groups is 1. The lowest BCUT2D eigenvalue weighted by Gasteiger charge is -2.25. The third-order valence-electron chi connectivity index (χ3n) is 5.92. The number of carbonyl (C=O) groups excluding carboxylic acids is 3. The molecule has 0 spiro atoms. The molecule has 11 heteroatoms. The van der Waals surface area contributed by atoms with E-state index >= 15 is 0 Å². The number of carbonyl (C=O) groups is 3. The number of rotatable bonds is 7. The van der Waals surface area contributed by atoms with Crippen LogP contribution in [0.15, 0.2) is 53.4 Å². The van der Waals surface area contributed by atoms with Crippen LogP contribution in [-0.2, 0) is 27.3 Å². The molecule has 1 aromatic heterocycles. The predicted octanol–water partition coefficient (Wildman–Crippen LogP) is 5.29. The van der Waals surface area contributed by atoms with E-state index < -0.39 is 5.97 Å². The van der Waals surface area contributed by atoms with Gasteiger partial charge in [0.1, 0.15) is 5.00 Å². The van der Waals surface area contributed by atoms with Crippen molar-refractivity contribution < 1.29 is 19.1 Å². The number of anilines is 3. The van der Waals surface area contributed by atoms with Gasteiger partial charge in [0.2, 0.25) is 11.8 Å². The summed E-state index contributed by atoms with van der Waals surface area (Å²) in [6.45, 7) is 4.50. The van der Waals surface area contributed by atoms with Gasteiger partial charge in [-0.3, -0.25) is 9.59 Å². The number of esters is 1. The molecule has 0 fully saturated rings. The number of methoxy groups -OCH3 is 1. The van der Waals surface area contributed by atoms with Crippen molar-refractivity contribution in [3.63, 3.8) is 0 Å². The van der Waals surface area contributed by atoms with Gasteiger partial charge in [-0.25, -0.2) is 4.79 Å². The summed E-state index contributed by atoms with van der Waals surface area (Å²) in [6, 6.07) is 15.6. The first-order chi connectivity index (χ1) is 18.2. The molecule has 1 aliphatic heterocycles. The van der Waals surface area contributed by atoms with Gasteiger partial charge < -0.3 is 25.6 Å². The van der Waals surface area contributed by atoms with Crippen molar-refractivity contribution in [3.8, 4) is 0 Å². The number of thioether (sulfide) groups is 1. The van der Waals surface area contributed by atoms with Crippen LogP contribution in [0.4, 0.5) is 16.4 Å². The fourth-order valence-corrected chi connectivity index (χ4v) is 6.24. The zero-order valence-corrected chi connectivity index (χ0v) is 23.7. The Bertz CT molecular complexity index is 1370. The summed E-state index contributed by atoms with van der Waals surface area (Å²) >= 11 is 8.12. The van der Waals surface area contributed by atoms with Gasteiger partial charge in [-0.2, -0.15) is 0 Å². The molecule has 0 saturated carbocycles. The number of ether oxygens (including phenoxy) is 1. The molecular weight excluding hydrogens is 541 g/mol. The minimum absolute atomic E-state index is 0.0194. The second-order valence-electron chi connectivity index (χ2n) is 8.70. The molecule has 0 bridgehead atoms. The smallest absolute Gasteiger partial charge is 0.341 e. The summed E-state index contributed by atoms with van der Waals surface area (Å²) in [5.41, 5.74) is 4.09. The zero-order chi connectivity index (χ0) is 27.2. The molecule has 0 saturated heterocycles. The van der Waals surface area contributed by atoms with E-state index in [1.807, 2.05) is 55.5 Å². The van der Waals surface area contributed by atoms with E-state index in [0.717, 1.165) is 26.7 Å². The number of aryl methyl sites for hydroxylation is 1. The maximum Gasteiger partial charge on any atom is 0.341 e. The number of nitrogens with zero attached hydrogens (tertiary/aromatic N) is 1. The van der Waals surface area contributed by atoms with Crippen molar-refractivity contribution in [3.05, 3.63) is 70.1 Å². The van der Waals surface area contributed by atoms with Gasteiger partial charge in [-0.15, -0.1) is 23.1 Å². The Morgan fingerprint density at radius 2 is 1.82 bits per heavy atom. The average molecular weight is 569 g/mol. The molecule has 8 nitrogen and oxygen atoms in total. The Morgan fingerprint density at radius 3 is 2.53 bits per heavy atom. The third-order valence-corrected chi connectivity index (χ3v) is 8.25. The van der Waals surface area contributed by atoms with Crippen LogP contribution in [0.2, 0.25) is 0 Å². The summed E-state index contributed by atoms with van der Waals surface area (Å²) in [7, 11) is 1.32. The fraction of sp³-hybridized carbons (Fsp3) is 0.259. The number of nitrogens with one attached hydrogen (secondary N) is 3. The van der Waals surface area contributed by atoms with Crippen LogP contribution < -0.4 is 16.0 Å². The highest BCUT2D eigenvalue weighted by Crippen LogP contribution is 2.38. The highest BCUT2D eigenvalue weighted by Gasteiger charge is 2.30. The number of hydrogen-bond donors (Lipinski definition) is 3. The van der Waals surface area contributed by atoms with Crippen LogP contribution in [0.25, 0.3) is 0 Å². The molecule has 0 aliphatic carbocycles. The topological polar surface area (TPSA) is 99.8 Å². The molecular formula is C27H28N4O4S3. The second kappa shape index (κ2) is 12.4. The minimum Gasteiger partial charge on any atom is -0.465 e. The van der Waals surface area contributed by atoms with Gasteiger partial charge in [0.15, 0.2) is 5.11 Å². The van der Waals surface area contributed by atoms with E-state index in [2.05, 4.69) is 16.0 Å². The normalized spacial score (nSPS) is 12.3. The number of thiophene rings is 1. The second-order valence-corrected chi connectivity index (χ2v) is 11.3. The van der Waals surface area contributed by atoms with Crippen molar-refractivity contribution in [1.29, 1.82) is 0 Å². The number of hydrogen-bond acceptors (Lipinski definition) is 7. The van der Waals surface area contributed by atoms with E-state index in [9.17, 15) is 14.4 Å². The monoisotopic (exact) mass is 568 g/mol. The molecule has 4 rings (SSSR count). The number of benzene rings is 2. The van der Waals surface area contributed by atoms with Gasteiger partial charge in [0.25, 0.3) is 0 Å². The SMILES string of the molecule is COC(=O)c1c(NC(=O)CSc2cccc(NC(=S)Nc3ccc(C)cc3)c2)sc2c1CCN(C(C)=O)C2. The highest BCUT2D eigenvalue weighted by molar-refractivity contribution is 8.00. The highest BCUT2D eigenvalue weighted by atomic mass is 32.2. The summed E-state index contributed by atoms with van der Waals surface area (Å²) in [5.74, 6) is -0.597. The van der Waals surface area contributed by atoms with Gasteiger partial charge in [-0.1, -0.05) is 23.8 Å². The van der Waals surface area contributed by atoms with Crippen molar-refractivity contribution >= 4 is 74.6 Å². The molecule has 198 valence electrons. The molecule has 3 aromatic rings. The van der Waals surface area contributed by atoms with E-state index in [1.54, 1.807) is 4.90 Å². The molecule has 38 heavy (non-hydrogen) atoms. The van der Waals surface area contributed by atoms with E-state index in [-0.39, 0.29) is 17.6 Å². The summed E-state index contributed by atoms with van der Waals surface area (Å²) in [4.78, 5) is 40.7. The standard InChI is InChI=1S/C27H28N4O4S3/c1-16-7-9-18(10-8-16)28-27(36)29-19-5-4-6-20(13-19)37-15-23(33)30-25-24(26(34)35-3)21-11-12-31(17(2)32)14-22(21)38-25/h4-10,13H,11-12,14-15H2,1-3H3,(H,30,33)(H2,28,29,36). The van der Waals surface area contributed by atoms with Gasteiger partial charge in [0.05, 0.1) is 25.0 Å². The minimum atomic E-state index is -0.490. The Balaban J connectivity index is 1.37. The molecule has 0 unspecified atom stereocenters. The Kier molecular flexibility index (Phi) is 9.03. The lowest BCUT2D eigenvalue weighted by molar-refractivity contribution is -0.129.